The maximum Gasteiger partial charge on any atom is 0.351 e. The number of benzene rings is 2. The van der Waals surface area contributed by atoms with E-state index in [2.05, 4.69) is 74.6 Å². The topological polar surface area (TPSA) is 176 Å². The zero-order valence-electron chi connectivity index (χ0n) is 21.7. The molecule has 0 spiro atoms. The van der Waals surface area contributed by atoms with Gasteiger partial charge in [-0.25, -0.2) is 9.59 Å². The number of nitrogens with one attached hydrogen (secondary N) is 1. The van der Waals surface area contributed by atoms with Gasteiger partial charge in [0.15, 0.2) is 11.9 Å². The number of hydrogen-bond donors (Lipinski definition) is 4. The average molecular weight is 519 g/mol. The minimum atomic E-state index is -2.07. The van der Waals surface area contributed by atoms with Crippen LogP contribution in [0, 0.1) is 6.92 Å². The number of rotatable bonds is 11. The Hall–Kier alpha value is -3.76. The molecule has 0 radical (unpaired) electrons. The minimum absolute atomic E-state index is 1.19. The summed E-state index contributed by atoms with van der Waals surface area (Å²) in [6.07, 6.45) is 5.41. The molecule has 10 nitrogen and oxygen atoms in total. The molecule has 0 saturated carbocycles. The van der Waals surface area contributed by atoms with Gasteiger partial charge in [-0.3, -0.25) is 0 Å². The second-order valence-corrected chi connectivity index (χ2v) is 8.24. The maximum atomic E-state index is 9.04. The van der Waals surface area contributed by atoms with E-state index in [0.717, 1.165) is 0 Å². The number of carbonyl (C=O) groups excluding carboxylic acids is 2. The third kappa shape index (κ3) is 15.8. The van der Waals surface area contributed by atoms with E-state index in [1.165, 1.54) is 74.2 Å². The van der Waals surface area contributed by atoms with Crippen LogP contribution < -0.4 is 20.4 Å². The highest BCUT2D eigenvalue weighted by Gasteiger charge is 2.06. The largest absolute Gasteiger partial charge is 0.539 e. The van der Waals surface area contributed by atoms with Crippen LogP contribution in [-0.2, 0) is 19.2 Å². The lowest BCUT2D eigenvalue weighted by molar-refractivity contribution is -0.896. The van der Waals surface area contributed by atoms with Crippen LogP contribution in [0.3, 0.4) is 0 Å². The predicted octanol–water partition coefficient (Wildman–Crippen LogP) is -1.02. The standard InChI is InChI=1S/C23H34N2.2C2H2O4/c1-4-25(5-2)18-12-7-6-11-17-24-22-16-15-20(3)23(19-22)21-13-9-8-10-14-21;2*3-1(4)2(5)6/h8-10,13-16,19,24H,4-7,11-12,17-18H2,1-3H3;2*(H,3,4)(H,5,6). The zero-order chi connectivity index (χ0) is 28.2. The van der Waals surface area contributed by atoms with Crippen molar-refractivity contribution < 1.29 is 49.8 Å². The van der Waals surface area contributed by atoms with E-state index in [4.69, 9.17) is 39.6 Å². The lowest BCUT2D eigenvalue weighted by atomic mass is 10.00. The van der Waals surface area contributed by atoms with Crippen LogP contribution in [0.2, 0.25) is 0 Å². The van der Waals surface area contributed by atoms with Gasteiger partial charge in [-0.15, -0.1) is 0 Å². The van der Waals surface area contributed by atoms with Gasteiger partial charge in [-0.2, -0.15) is 0 Å². The number of hydrogen-bond acceptors (Lipinski definition) is 6. The molecule has 0 saturated heterocycles. The van der Waals surface area contributed by atoms with E-state index in [0.29, 0.717) is 0 Å². The van der Waals surface area contributed by atoms with Gasteiger partial charge in [0, 0.05) is 6.07 Å². The summed E-state index contributed by atoms with van der Waals surface area (Å²) >= 11 is 0. The van der Waals surface area contributed by atoms with E-state index >= 15 is 0 Å². The number of nitrogens with two attached hydrogens (primary N) is 1. The summed E-state index contributed by atoms with van der Waals surface area (Å²) in [6, 6.07) is 17.6. The lowest BCUT2D eigenvalue weighted by Crippen LogP contribution is -3.11. The highest BCUT2D eigenvalue weighted by atomic mass is 16.4. The summed E-state index contributed by atoms with van der Waals surface area (Å²) in [5, 5.41) is 35.0. The van der Waals surface area contributed by atoms with Gasteiger partial charge in [0.25, 0.3) is 0 Å². The van der Waals surface area contributed by atoms with Crippen LogP contribution in [0.15, 0.2) is 48.5 Å². The molecule has 0 heterocycles. The van der Waals surface area contributed by atoms with Crippen molar-refractivity contribution in [2.45, 2.75) is 46.5 Å². The molecular formula is C27H38N2O8. The van der Waals surface area contributed by atoms with Crippen molar-refractivity contribution in [3.05, 3.63) is 54.1 Å². The van der Waals surface area contributed by atoms with Crippen molar-refractivity contribution in [3.8, 4) is 11.1 Å². The van der Waals surface area contributed by atoms with Crippen molar-refractivity contribution in [1.82, 2.24) is 0 Å². The minimum Gasteiger partial charge on any atom is -0.539 e. The number of aryl methyl sites for hydroxylation is 1. The van der Waals surface area contributed by atoms with Crippen LogP contribution in [0.5, 0.6) is 0 Å². The van der Waals surface area contributed by atoms with Crippen molar-refractivity contribution >= 4 is 29.6 Å². The molecule has 2 rings (SSSR count). The molecule has 0 amide bonds. The first kappa shape index (κ1) is 33.2. The predicted molar refractivity (Wildman–Crippen MR) is 134 cm³/mol. The van der Waals surface area contributed by atoms with Gasteiger partial charge in [0.1, 0.15) is 5.69 Å². The lowest BCUT2D eigenvalue weighted by Gasteiger charge is -2.14. The Morgan fingerprint density at radius 1 is 0.811 bits per heavy atom. The van der Waals surface area contributed by atoms with Crippen molar-refractivity contribution in [2.75, 3.05) is 26.2 Å². The van der Waals surface area contributed by atoms with Crippen LogP contribution in [0.4, 0.5) is 5.69 Å². The third-order valence-corrected chi connectivity index (χ3v) is 5.56. The Labute approximate surface area is 217 Å². The smallest absolute Gasteiger partial charge is 0.351 e. The molecule has 5 N–H and O–H groups in total. The summed E-state index contributed by atoms with van der Waals surface area (Å²) < 4.78 is 0. The van der Waals surface area contributed by atoms with Gasteiger partial charge in [-0.05, 0) is 69.2 Å². The SMILES string of the molecule is CC[NH+](CC)CCCCCC[NH2+]c1ccc(C)c(-c2ccccc2)c1.O=C([O-])C(=O)O.O=C([O-])C(=O)O. The molecule has 0 aliphatic rings. The first-order chi connectivity index (χ1) is 17.5. The third-order valence-electron chi connectivity index (χ3n) is 5.56. The fourth-order valence-corrected chi connectivity index (χ4v) is 3.44. The summed E-state index contributed by atoms with van der Waals surface area (Å²) in [7, 11) is 0. The molecule has 2 aromatic rings. The molecular weight excluding hydrogens is 480 g/mol. The monoisotopic (exact) mass is 518 g/mol. The van der Waals surface area contributed by atoms with E-state index in [1.807, 2.05) is 0 Å². The normalized spacial score (nSPS) is 9.95. The Morgan fingerprint density at radius 3 is 1.81 bits per heavy atom. The average Bonchev–Trinajstić information content (AvgIpc) is 2.87. The second-order valence-electron chi connectivity index (χ2n) is 8.24. The van der Waals surface area contributed by atoms with Crippen LogP contribution in [0.1, 0.15) is 45.1 Å². The summed E-state index contributed by atoms with van der Waals surface area (Å²) in [5.74, 6) is -8.02. The van der Waals surface area contributed by atoms with Gasteiger partial charge < -0.3 is 40.2 Å². The van der Waals surface area contributed by atoms with Crippen LogP contribution in [0.25, 0.3) is 11.1 Å². The summed E-state index contributed by atoms with van der Waals surface area (Å²) in [6.45, 7) is 11.8. The number of carboxylic acid groups (broad SMARTS) is 4. The molecule has 0 aliphatic heterocycles. The summed E-state index contributed by atoms with van der Waals surface area (Å²) in [4.78, 5) is 37.8. The zero-order valence-corrected chi connectivity index (χ0v) is 21.7. The highest BCUT2D eigenvalue weighted by Crippen LogP contribution is 2.24. The van der Waals surface area contributed by atoms with Crippen molar-refractivity contribution in [1.29, 1.82) is 0 Å². The van der Waals surface area contributed by atoms with E-state index in [1.54, 1.807) is 4.90 Å². The molecule has 37 heavy (non-hydrogen) atoms. The first-order valence-corrected chi connectivity index (χ1v) is 12.2. The highest BCUT2D eigenvalue weighted by molar-refractivity contribution is 6.26. The molecule has 0 fully saturated rings. The van der Waals surface area contributed by atoms with Crippen LogP contribution in [-0.4, -0.2) is 60.3 Å². The van der Waals surface area contributed by atoms with Gasteiger partial charge in [-0.1, -0.05) is 36.4 Å². The van der Waals surface area contributed by atoms with E-state index in [-0.39, 0.29) is 0 Å². The van der Waals surface area contributed by atoms with Gasteiger partial charge >= 0.3 is 11.9 Å². The van der Waals surface area contributed by atoms with Gasteiger partial charge in [0.2, 0.25) is 0 Å². The Kier molecular flexibility index (Phi) is 17.5. The first-order valence-electron chi connectivity index (χ1n) is 12.2. The molecule has 10 heteroatoms. The number of unbranched alkanes of at least 4 members (excludes halogenated alkanes) is 3. The fourth-order valence-electron chi connectivity index (χ4n) is 3.44. The van der Waals surface area contributed by atoms with E-state index < -0.39 is 23.9 Å². The number of quaternary nitrogens is 2. The second kappa shape index (κ2) is 19.4. The Bertz CT molecular complexity index is 928. The molecule has 0 unspecified atom stereocenters. The Morgan fingerprint density at radius 2 is 1.32 bits per heavy atom. The van der Waals surface area contributed by atoms with Crippen molar-refractivity contribution in [2.24, 2.45) is 0 Å². The molecule has 2 aromatic carbocycles. The number of carbonyl (C=O) groups is 4. The molecule has 0 aromatic heterocycles. The van der Waals surface area contributed by atoms with Crippen molar-refractivity contribution in [3.63, 3.8) is 0 Å². The number of carboxylic acids is 4. The molecule has 0 atom stereocenters. The molecule has 0 aliphatic carbocycles. The molecule has 0 bridgehead atoms. The van der Waals surface area contributed by atoms with Gasteiger partial charge in [0.05, 0.1) is 26.2 Å². The Balaban J connectivity index is 0.000000896. The van der Waals surface area contributed by atoms with E-state index in [9.17, 15) is 0 Å². The fraction of sp³-hybridized carbons (Fsp3) is 0.407. The maximum absolute atomic E-state index is 9.04. The summed E-state index contributed by atoms with van der Waals surface area (Å²) in [5.41, 5.74) is 5.38. The number of aliphatic carboxylic acids is 4. The molecule has 204 valence electrons. The quantitative estimate of drug-likeness (QED) is 0.166. The van der Waals surface area contributed by atoms with Crippen LogP contribution >= 0.6 is 0 Å².